The Balaban J connectivity index is 2.02. The zero-order valence-corrected chi connectivity index (χ0v) is 12.8. The summed E-state index contributed by atoms with van der Waals surface area (Å²) in [6, 6.07) is 14.0. The maximum atomic E-state index is 12.9. The van der Waals surface area contributed by atoms with Crippen LogP contribution in [-0.2, 0) is 9.59 Å². The van der Waals surface area contributed by atoms with E-state index in [0.717, 1.165) is 5.56 Å². The van der Waals surface area contributed by atoms with E-state index in [1.807, 2.05) is 13.0 Å². The molecule has 0 heterocycles. The maximum absolute atomic E-state index is 12.9. The number of hydrogen-bond donors (Lipinski definition) is 2. The van der Waals surface area contributed by atoms with Gasteiger partial charge >= 0.3 is 0 Å². The minimum absolute atomic E-state index is 0.0973. The smallest absolute Gasteiger partial charge is 0.244 e. The van der Waals surface area contributed by atoms with Crippen LogP contribution in [0.2, 0.25) is 0 Å². The highest BCUT2D eigenvalue weighted by Crippen LogP contribution is 2.20. The number of carbonyl (C=O) groups is 2. The van der Waals surface area contributed by atoms with E-state index >= 15 is 0 Å². The molecule has 2 amide bonds. The van der Waals surface area contributed by atoms with Gasteiger partial charge in [-0.1, -0.05) is 49.4 Å². The molecule has 3 N–H and O–H groups in total. The van der Waals surface area contributed by atoms with Gasteiger partial charge in [-0.05, 0) is 29.2 Å². The van der Waals surface area contributed by atoms with Gasteiger partial charge in [0, 0.05) is 6.42 Å². The Kier molecular flexibility index (Phi) is 5.46. The standard InChI is InChI=1S/C18H19FN2O2/c1-12(13-7-9-15(19)10-8-13)11-16(22)21-17(18(20)23)14-5-3-2-4-6-14/h2-10,12,17H,11H2,1H3,(H2,20,23)(H,21,22)/t12-,17-/m1/s1. The molecule has 0 spiro atoms. The molecule has 0 saturated heterocycles. The van der Waals surface area contributed by atoms with Crippen LogP contribution in [0, 0.1) is 5.82 Å². The van der Waals surface area contributed by atoms with Crippen LogP contribution in [0.1, 0.15) is 36.4 Å². The van der Waals surface area contributed by atoms with Crippen LogP contribution in [-0.4, -0.2) is 11.8 Å². The van der Waals surface area contributed by atoms with Crippen molar-refractivity contribution in [1.29, 1.82) is 0 Å². The molecule has 2 aromatic carbocycles. The second-order valence-corrected chi connectivity index (χ2v) is 5.47. The van der Waals surface area contributed by atoms with Crippen LogP contribution in [0.5, 0.6) is 0 Å². The van der Waals surface area contributed by atoms with Crippen molar-refractivity contribution in [3.05, 3.63) is 71.5 Å². The molecule has 120 valence electrons. The Labute approximate surface area is 134 Å². The van der Waals surface area contributed by atoms with Crippen molar-refractivity contribution < 1.29 is 14.0 Å². The van der Waals surface area contributed by atoms with Crippen molar-refractivity contribution in [2.24, 2.45) is 5.73 Å². The summed E-state index contributed by atoms with van der Waals surface area (Å²) in [6.07, 6.45) is 0.183. The lowest BCUT2D eigenvalue weighted by atomic mass is 9.97. The number of halogens is 1. The lowest BCUT2D eigenvalue weighted by molar-refractivity contribution is -0.127. The Morgan fingerprint density at radius 2 is 1.65 bits per heavy atom. The van der Waals surface area contributed by atoms with Crippen LogP contribution in [0.3, 0.4) is 0 Å². The van der Waals surface area contributed by atoms with Crippen LogP contribution in [0.25, 0.3) is 0 Å². The fraction of sp³-hybridized carbons (Fsp3) is 0.222. The van der Waals surface area contributed by atoms with Crippen molar-refractivity contribution in [3.63, 3.8) is 0 Å². The third-order valence-corrected chi connectivity index (χ3v) is 3.65. The first-order valence-electron chi connectivity index (χ1n) is 7.36. The lowest BCUT2D eigenvalue weighted by Gasteiger charge is -2.18. The summed E-state index contributed by atoms with van der Waals surface area (Å²) in [6.45, 7) is 1.87. The molecule has 4 nitrogen and oxygen atoms in total. The zero-order chi connectivity index (χ0) is 16.8. The van der Waals surface area contributed by atoms with Crippen molar-refractivity contribution in [2.75, 3.05) is 0 Å². The lowest BCUT2D eigenvalue weighted by Crippen LogP contribution is -2.37. The molecule has 0 aliphatic carbocycles. The Hall–Kier alpha value is -2.69. The van der Waals surface area contributed by atoms with E-state index in [9.17, 15) is 14.0 Å². The van der Waals surface area contributed by atoms with Gasteiger partial charge in [0.1, 0.15) is 11.9 Å². The predicted molar refractivity (Wildman–Crippen MR) is 86.0 cm³/mol. The van der Waals surface area contributed by atoms with Gasteiger partial charge in [-0.25, -0.2) is 4.39 Å². The molecule has 5 heteroatoms. The molecule has 2 aromatic rings. The van der Waals surface area contributed by atoms with Crippen molar-refractivity contribution in [1.82, 2.24) is 5.32 Å². The summed E-state index contributed by atoms with van der Waals surface area (Å²) in [7, 11) is 0. The van der Waals surface area contributed by atoms with Crippen LogP contribution < -0.4 is 11.1 Å². The summed E-state index contributed by atoms with van der Waals surface area (Å²) >= 11 is 0. The number of amides is 2. The number of benzene rings is 2. The fourth-order valence-corrected chi connectivity index (χ4v) is 2.37. The molecule has 0 aromatic heterocycles. The van der Waals surface area contributed by atoms with Gasteiger partial charge in [-0.15, -0.1) is 0 Å². The maximum Gasteiger partial charge on any atom is 0.244 e. The largest absolute Gasteiger partial charge is 0.368 e. The van der Waals surface area contributed by atoms with E-state index in [-0.39, 0.29) is 24.1 Å². The number of nitrogens with two attached hydrogens (primary N) is 1. The number of primary amides is 1. The van der Waals surface area contributed by atoms with E-state index in [0.29, 0.717) is 5.56 Å². The summed E-state index contributed by atoms with van der Waals surface area (Å²) in [5, 5.41) is 2.66. The molecule has 2 atom stereocenters. The topological polar surface area (TPSA) is 72.2 Å². The number of nitrogens with one attached hydrogen (secondary N) is 1. The number of carbonyl (C=O) groups excluding carboxylic acids is 2. The van der Waals surface area contributed by atoms with Gasteiger partial charge in [-0.3, -0.25) is 9.59 Å². The van der Waals surface area contributed by atoms with E-state index in [1.165, 1.54) is 12.1 Å². The second kappa shape index (κ2) is 7.54. The van der Waals surface area contributed by atoms with Crippen LogP contribution >= 0.6 is 0 Å². The molecule has 0 unspecified atom stereocenters. The monoisotopic (exact) mass is 314 g/mol. The molecule has 0 bridgehead atoms. The normalized spacial score (nSPS) is 13.1. The molecule has 0 aliphatic rings. The third kappa shape index (κ3) is 4.64. The van der Waals surface area contributed by atoms with Gasteiger partial charge < -0.3 is 11.1 Å². The van der Waals surface area contributed by atoms with Gasteiger partial charge in [-0.2, -0.15) is 0 Å². The molecule has 0 radical (unpaired) electrons. The predicted octanol–water partition coefficient (Wildman–Crippen LogP) is 2.66. The highest BCUT2D eigenvalue weighted by Gasteiger charge is 2.21. The molecular formula is C18H19FN2O2. The van der Waals surface area contributed by atoms with E-state index < -0.39 is 11.9 Å². The third-order valence-electron chi connectivity index (χ3n) is 3.65. The molecule has 0 aliphatic heterocycles. The average molecular weight is 314 g/mol. The summed E-state index contributed by atoms with van der Waals surface area (Å²) < 4.78 is 12.9. The first-order chi connectivity index (χ1) is 11.0. The van der Waals surface area contributed by atoms with Crippen molar-refractivity contribution in [2.45, 2.75) is 25.3 Å². The van der Waals surface area contributed by atoms with Gasteiger partial charge in [0.05, 0.1) is 0 Å². The Morgan fingerprint density at radius 3 is 2.22 bits per heavy atom. The fourth-order valence-electron chi connectivity index (χ4n) is 2.37. The highest BCUT2D eigenvalue weighted by molar-refractivity contribution is 5.87. The Bertz CT molecular complexity index is 671. The number of rotatable bonds is 6. The average Bonchev–Trinajstić information content (AvgIpc) is 2.53. The van der Waals surface area contributed by atoms with Gasteiger partial charge in [0.15, 0.2) is 0 Å². The van der Waals surface area contributed by atoms with Gasteiger partial charge in [0.2, 0.25) is 11.8 Å². The number of hydrogen-bond acceptors (Lipinski definition) is 2. The highest BCUT2D eigenvalue weighted by atomic mass is 19.1. The molecule has 23 heavy (non-hydrogen) atoms. The molecule has 0 fully saturated rings. The minimum atomic E-state index is -0.857. The quantitative estimate of drug-likeness (QED) is 0.860. The molecule has 2 rings (SSSR count). The zero-order valence-electron chi connectivity index (χ0n) is 12.8. The van der Waals surface area contributed by atoms with Gasteiger partial charge in [0.25, 0.3) is 0 Å². The second-order valence-electron chi connectivity index (χ2n) is 5.47. The first-order valence-corrected chi connectivity index (χ1v) is 7.36. The summed E-state index contributed by atoms with van der Waals surface area (Å²) in [4.78, 5) is 23.8. The molecular weight excluding hydrogens is 295 g/mol. The minimum Gasteiger partial charge on any atom is -0.368 e. The first kappa shape index (κ1) is 16.7. The van der Waals surface area contributed by atoms with E-state index in [2.05, 4.69) is 5.32 Å². The van der Waals surface area contributed by atoms with Crippen LogP contribution in [0.15, 0.2) is 54.6 Å². The Morgan fingerprint density at radius 1 is 1.04 bits per heavy atom. The van der Waals surface area contributed by atoms with Crippen molar-refractivity contribution >= 4 is 11.8 Å². The summed E-state index contributed by atoms with van der Waals surface area (Å²) in [5.41, 5.74) is 6.88. The van der Waals surface area contributed by atoms with Crippen LogP contribution in [0.4, 0.5) is 4.39 Å². The molecule has 0 saturated carbocycles. The summed E-state index contributed by atoms with van der Waals surface area (Å²) in [5.74, 6) is -1.31. The van der Waals surface area contributed by atoms with Crippen molar-refractivity contribution in [3.8, 4) is 0 Å². The van der Waals surface area contributed by atoms with E-state index in [1.54, 1.807) is 36.4 Å². The SMILES string of the molecule is C[C@H](CC(=O)N[C@@H](C(N)=O)c1ccccc1)c1ccc(F)cc1. The van der Waals surface area contributed by atoms with E-state index in [4.69, 9.17) is 5.73 Å².